The molecule has 0 saturated carbocycles. The van der Waals surface area contributed by atoms with Gasteiger partial charge in [0, 0.05) is 12.3 Å². The number of aliphatic carboxylic acids is 1. The highest BCUT2D eigenvalue weighted by atomic mass is 16.7. The zero-order chi connectivity index (χ0) is 11.8. The van der Waals surface area contributed by atoms with E-state index in [1.807, 2.05) is 6.92 Å². The topological polar surface area (TPSA) is 58.9 Å². The van der Waals surface area contributed by atoms with E-state index in [-0.39, 0.29) is 5.71 Å². The van der Waals surface area contributed by atoms with Gasteiger partial charge < -0.3 is 9.94 Å². The molecule has 2 aliphatic rings. The fourth-order valence-corrected chi connectivity index (χ4v) is 2.41. The lowest BCUT2D eigenvalue weighted by Crippen LogP contribution is -2.36. The summed E-state index contributed by atoms with van der Waals surface area (Å²) in [7, 11) is 0. The van der Waals surface area contributed by atoms with Gasteiger partial charge in [-0.05, 0) is 33.1 Å². The highest BCUT2D eigenvalue weighted by Crippen LogP contribution is 2.39. The molecule has 1 N–H and O–H groups in total. The summed E-state index contributed by atoms with van der Waals surface area (Å²) in [6.07, 6.45) is 5.74. The van der Waals surface area contributed by atoms with E-state index in [0.717, 1.165) is 19.3 Å². The smallest absolute Gasteiger partial charge is 0.353 e. The van der Waals surface area contributed by atoms with Crippen molar-refractivity contribution >= 4 is 11.7 Å². The maximum atomic E-state index is 10.8. The zero-order valence-corrected chi connectivity index (χ0v) is 9.69. The van der Waals surface area contributed by atoms with Crippen molar-refractivity contribution in [2.45, 2.75) is 45.1 Å². The second-order valence-electron chi connectivity index (χ2n) is 4.95. The monoisotopic (exact) mass is 223 g/mol. The lowest BCUT2D eigenvalue weighted by molar-refractivity contribution is -0.129. The van der Waals surface area contributed by atoms with Gasteiger partial charge in [-0.15, -0.1) is 0 Å². The Morgan fingerprint density at radius 1 is 1.69 bits per heavy atom. The predicted octanol–water partition coefficient (Wildman–Crippen LogP) is 2.35. The van der Waals surface area contributed by atoms with Gasteiger partial charge in [-0.1, -0.05) is 16.8 Å². The lowest BCUT2D eigenvalue weighted by Gasteiger charge is -2.33. The SMILES string of the molecule is CC1=CC[C@@H](C2(C)CC(C(=O)O)=NO2)CC1. The Morgan fingerprint density at radius 3 is 2.94 bits per heavy atom. The van der Waals surface area contributed by atoms with E-state index < -0.39 is 11.6 Å². The van der Waals surface area contributed by atoms with Crippen molar-refractivity contribution in [3.05, 3.63) is 11.6 Å². The van der Waals surface area contributed by atoms with Gasteiger partial charge in [0.15, 0.2) is 5.71 Å². The number of hydrogen-bond acceptors (Lipinski definition) is 3. The average molecular weight is 223 g/mol. The van der Waals surface area contributed by atoms with Crippen molar-refractivity contribution in [2.24, 2.45) is 11.1 Å². The Morgan fingerprint density at radius 2 is 2.44 bits per heavy atom. The molecular weight excluding hydrogens is 206 g/mol. The first-order chi connectivity index (χ1) is 7.51. The number of allylic oxidation sites excluding steroid dienone is 2. The maximum Gasteiger partial charge on any atom is 0.353 e. The molecule has 1 unspecified atom stereocenters. The molecule has 0 saturated heterocycles. The second kappa shape index (κ2) is 3.92. The molecule has 0 aromatic carbocycles. The highest BCUT2D eigenvalue weighted by molar-refractivity contribution is 6.36. The van der Waals surface area contributed by atoms with E-state index in [0.29, 0.717) is 12.3 Å². The number of carboxylic acids is 1. The molecule has 1 aliphatic heterocycles. The number of oxime groups is 1. The molecule has 0 aromatic heterocycles. The first-order valence-corrected chi connectivity index (χ1v) is 5.65. The van der Waals surface area contributed by atoms with E-state index in [1.165, 1.54) is 5.57 Å². The maximum absolute atomic E-state index is 10.8. The third-order valence-electron chi connectivity index (χ3n) is 3.63. The minimum Gasteiger partial charge on any atom is -0.477 e. The first-order valence-electron chi connectivity index (χ1n) is 5.65. The largest absolute Gasteiger partial charge is 0.477 e. The van der Waals surface area contributed by atoms with Crippen molar-refractivity contribution < 1.29 is 14.7 Å². The summed E-state index contributed by atoms with van der Waals surface area (Å²) < 4.78 is 0. The third-order valence-corrected chi connectivity index (χ3v) is 3.63. The molecule has 4 heteroatoms. The molecule has 0 radical (unpaired) electrons. The molecule has 16 heavy (non-hydrogen) atoms. The Balaban J connectivity index is 2.04. The summed E-state index contributed by atoms with van der Waals surface area (Å²) in [6, 6.07) is 0. The summed E-state index contributed by atoms with van der Waals surface area (Å²) >= 11 is 0. The van der Waals surface area contributed by atoms with E-state index in [1.54, 1.807) is 0 Å². The molecule has 0 bridgehead atoms. The second-order valence-corrected chi connectivity index (χ2v) is 4.95. The van der Waals surface area contributed by atoms with Gasteiger partial charge >= 0.3 is 5.97 Å². The summed E-state index contributed by atoms with van der Waals surface area (Å²) in [4.78, 5) is 16.2. The minimum atomic E-state index is -0.966. The van der Waals surface area contributed by atoms with Crippen molar-refractivity contribution in [3.8, 4) is 0 Å². The molecule has 1 aliphatic carbocycles. The van der Waals surface area contributed by atoms with Gasteiger partial charge in [-0.25, -0.2) is 4.79 Å². The van der Waals surface area contributed by atoms with Crippen LogP contribution in [0.4, 0.5) is 0 Å². The molecule has 0 aromatic rings. The van der Waals surface area contributed by atoms with Crippen LogP contribution in [0.3, 0.4) is 0 Å². The van der Waals surface area contributed by atoms with Crippen LogP contribution in [0.5, 0.6) is 0 Å². The van der Waals surface area contributed by atoms with Crippen LogP contribution in [0.15, 0.2) is 16.8 Å². The van der Waals surface area contributed by atoms with Crippen molar-refractivity contribution in [2.75, 3.05) is 0 Å². The van der Waals surface area contributed by atoms with Crippen LogP contribution in [0.25, 0.3) is 0 Å². The van der Waals surface area contributed by atoms with E-state index in [4.69, 9.17) is 9.94 Å². The number of hydrogen-bond donors (Lipinski definition) is 1. The molecule has 88 valence electrons. The van der Waals surface area contributed by atoms with Gasteiger partial charge in [0.25, 0.3) is 0 Å². The lowest BCUT2D eigenvalue weighted by atomic mass is 9.76. The van der Waals surface area contributed by atoms with Gasteiger partial charge in [0.2, 0.25) is 0 Å². The Bertz CT molecular complexity index is 372. The molecular formula is C12H17NO3. The molecule has 4 nitrogen and oxygen atoms in total. The quantitative estimate of drug-likeness (QED) is 0.731. The molecule has 0 amide bonds. The molecule has 2 rings (SSSR count). The number of carboxylic acid groups (broad SMARTS) is 1. The van der Waals surface area contributed by atoms with Crippen LogP contribution < -0.4 is 0 Å². The molecule has 1 heterocycles. The van der Waals surface area contributed by atoms with E-state index in [2.05, 4.69) is 18.2 Å². The van der Waals surface area contributed by atoms with Gasteiger partial charge in [-0.3, -0.25) is 0 Å². The molecule has 0 spiro atoms. The van der Waals surface area contributed by atoms with E-state index >= 15 is 0 Å². The zero-order valence-electron chi connectivity index (χ0n) is 9.69. The average Bonchev–Trinajstić information content (AvgIpc) is 2.63. The fourth-order valence-electron chi connectivity index (χ4n) is 2.41. The Hall–Kier alpha value is -1.32. The number of nitrogens with zero attached hydrogens (tertiary/aromatic N) is 1. The van der Waals surface area contributed by atoms with Crippen LogP contribution in [0.1, 0.15) is 39.5 Å². The van der Waals surface area contributed by atoms with Crippen LogP contribution in [-0.4, -0.2) is 22.4 Å². The van der Waals surface area contributed by atoms with Gasteiger partial charge in [0.1, 0.15) is 5.60 Å². The van der Waals surface area contributed by atoms with E-state index in [9.17, 15) is 4.79 Å². The van der Waals surface area contributed by atoms with Crippen LogP contribution in [-0.2, 0) is 9.63 Å². The predicted molar refractivity (Wildman–Crippen MR) is 60.3 cm³/mol. The summed E-state index contributed by atoms with van der Waals surface area (Å²) in [6.45, 7) is 4.10. The highest BCUT2D eigenvalue weighted by Gasteiger charge is 2.43. The molecule has 0 fully saturated rings. The summed E-state index contributed by atoms with van der Waals surface area (Å²) in [5.74, 6) is -0.594. The van der Waals surface area contributed by atoms with Crippen LogP contribution in [0, 0.1) is 5.92 Å². The fraction of sp³-hybridized carbons (Fsp3) is 0.667. The van der Waals surface area contributed by atoms with Gasteiger partial charge in [-0.2, -0.15) is 0 Å². The minimum absolute atomic E-state index is 0.147. The van der Waals surface area contributed by atoms with Crippen molar-refractivity contribution in [1.29, 1.82) is 0 Å². The number of rotatable bonds is 2. The summed E-state index contributed by atoms with van der Waals surface area (Å²) in [5, 5.41) is 12.5. The standard InChI is InChI=1S/C12H17NO3/c1-8-3-5-9(6-4-8)12(2)7-10(11(14)15)13-16-12/h3,9H,4-7H2,1-2H3,(H,14,15)/t9-,12?/m1/s1. The third kappa shape index (κ3) is 1.96. The van der Waals surface area contributed by atoms with Crippen LogP contribution >= 0.6 is 0 Å². The number of carbonyl (C=O) groups is 1. The normalized spacial score (nSPS) is 34.0. The van der Waals surface area contributed by atoms with Gasteiger partial charge in [0.05, 0.1) is 0 Å². The van der Waals surface area contributed by atoms with Crippen LogP contribution in [0.2, 0.25) is 0 Å². The molecule has 2 atom stereocenters. The van der Waals surface area contributed by atoms with Crippen molar-refractivity contribution in [3.63, 3.8) is 0 Å². The Kier molecular flexibility index (Phi) is 2.74. The van der Waals surface area contributed by atoms with Crippen molar-refractivity contribution in [1.82, 2.24) is 0 Å². The Labute approximate surface area is 95.0 Å². The summed E-state index contributed by atoms with van der Waals surface area (Å²) in [5.41, 5.74) is 1.14. The first kappa shape index (κ1) is 11.2.